The van der Waals surface area contributed by atoms with Crippen molar-refractivity contribution in [2.45, 2.75) is 46.7 Å². The van der Waals surface area contributed by atoms with E-state index in [4.69, 9.17) is 4.74 Å². The Morgan fingerprint density at radius 3 is 2.45 bits per heavy atom. The highest BCUT2D eigenvalue weighted by molar-refractivity contribution is 5.81. The van der Waals surface area contributed by atoms with Crippen molar-refractivity contribution in [3.05, 3.63) is 48.6 Å². The number of carbonyl (C=O) groups excluding carboxylic acids is 1. The van der Waals surface area contributed by atoms with Gasteiger partial charge in [0, 0.05) is 6.04 Å². The van der Waals surface area contributed by atoms with Gasteiger partial charge in [-0.25, -0.2) is 0 Å². The Labute approximate surface area is 135 Å². The Bertz CT molecular complexity index is 419. The molecule has 0 saturated heterocycles. The van der Waals surface area contributed by atoms with E-state index in [-0.39, 0.29) is 17.9 Å². The lowest BCUT2D eigenvalue weighted by atomic mass is 10.1. The molecule has 0 radical (unpaired) electrons. The fourth-order valence-corrected chi connectivity index (χ4v) is 1.88. The maximum atomic E-state index is 11.5. The lowest BCUT2D eigenvalue weighted by Crippen LogP contribution is -2.43. The number of allylic oxidation sites excluding steroid dienone is 5. The van der Waals surface area contributed by atoms with Gasteiger partial charge in [-0.05, 0) is 25.3 Å². The first-order valence-electron chi connectivity index (χ1n) is 7.87. The molecule has 0 saturated carbocycles. The van der Waals surface area contributed by atoms with Crippen molar-refractivity contribution in [3.63, 3.8) is 0 Å². The second-order valence-corrected chi connectivity index (χ2v) is 5.72. The summed E-state index contributed by atoms with van der Waals surface area (Å²) in [5.74, 6) is 0.503. The summed E-state index contributed by atoms with van der Waals surface area (Å²) in [6, 6.07) is -0.000667. The van der Waals surface area contributed by atoms with Gasteiger partial charge in [-0.1, -0.05) is 63.8 Å². The molecule has 2 unspecified atom stereocenters. The summed E-state index contributed by atoms with van der Waals surface area (Å²) in [4.78, 5) is 11.5. The van der Waals surface area contributed by atoms with Crippen LogP contribution in [0, 0.1) is 5.92 Å². The van der Waals surface area contributed by atoms with E-state index >= 15 is 0 Å². The highest BCUT2D eigenvalue weighted by Gasteiger charge is 2.14. The van der Waals surface area contributed by atoms with Crippen LogP contribution < -0.4 is 5.32 Å². The highest BCUT2D eigenvalue weighted by Crippen LogP contribution is 2.03. The van der Waals surface area contributed by atoms with Crippen LogP contribution in [0.15, 0.2) is 48.6 Å². The Morgan fingerprint density at radius 2 is 1.95 bits per heavy atom. The second-order valence-electron chi connectivity index (χ2n) is 5.72. The largest absolute Gasteiger partial charge is 0.375 e. The zero-order valence-corrected chi connectivity index (χ0v) is 14.6. The first-order chi connectivity index (χ1) is 10.4. The standard InChI is InChI=1S/C19H31NO2/c1-7-10-16(5)11-9-12-18(8-2)13-22-14-19(17(6)21)20-15(3)4/h7-12,15-16,19-20H,2,13-14H2,1,3-6H3/b10-7-,11-9-,18-12+. The van der Waals surface area contributed by atoms with Crippen molar-refractivity contribution in [2.24, 2.45) is 5.92 Å². The Morgan fingerprint density at radius 1 is 1.27 bits per heavy atom. The third-order valence-corrected chi connectivity index (χ3v) is 3.06. The van der Waals surface area contributed by atoms with E-state index in [1.54, 1.807) is 13.0 Å². The van der Waals surface area contributed by atoms with Crippen LogP contribution in [0.25, 0.3) is 0 Å². The molecule has 2 atom stereocenters. The Kier molecular flexibility index (Phi) is 11.3. The summed E-state index contributed by atoms with van der Waals surface area (Å²) in [6.07, 6.45) is 12.1. The van der Waals surface area contributed by atoms with Crippen LogP contribution in [0.5, 0.6) is 0 Å². The smallest absolute Gasteiger partial charge is 0.149 e. The quantitative estimate of drug-likeness (QED) is 0.465. The molecule has 22 heavy (non-hydrogen) atoms. The van der Waals surface area contributed by atoms with Crippen LogP contribution in [-0.4, -0.2) is 31.1 Å². The van der Waals surface area contributed by atoms with Gasteiger partial charge in [0.1, 0.15) is 5.78 Å². The van der Waals surface area contributed by atoms with E-state index in [2.05, 4.69) is 31.0 Å². The average molecular weight is 305 g/mol. The molecule has 0 aromatic heterocycles. The molecule has 124 valence electrons. The third kappa shape index (κ3) is 10.3. The maximum absolute atomic E-state index is 11.5. The summed E-state index contributed by atoms with van der Waals surface area (Å²) in [5.41, 5.74) is 0.996. The first kappa shape index (κ1) is 20.6. The Hall–Kier alpha value is -1.45. The number of carbonyl (C=O) groups is 1. The van der Waals surface area contributed by atoms with Gasteiger partial charge in [0.2, 0.25) is 0 Å². The van der Waals surface area contributed by atoms with Gasteiger partial charge in [-0.3, -0.25) is 4.79 Å². The van der Waals surface area contributed by atoms with Crippen molar-refractivity contribution in [3.8, 4) is 0 Å². The van der Waals surface area contributed by atoms with Gasteiger partial charge < -0.3 is 10.1 Å². The van der Waals surface area contributed by atoms with Crippen LogP contribution in [0.1, 0.15) is 34.6 Å². The molecule has 3 nitrogen and oxygen atoms in total. The number of ketones is 1. The van der Waals surface area contributed by atoms with E-state index in [1.807, 2.05) is 39.0 Å². The molecule has 1 N–H and O–H groups in total. The van der Waals surface area contributed by atoms with Crippen molar-refractivity contribution in [2.75, 3.05) is 13.2 Å². The summed E-state index contributed by atoms with van der Waals surface area (Å²) in [7, 11) is 0. The lowest BCUT2D eigenvalue weighted by Gasteiger charge is -2.18. The molecule has 0 aromatic carbocycles. The van der Waals surface area contributed by atoms with Crippen molar-refractivity contribution in [1.82, 2.24) is 5.32 Å². The number of rotatable bonds is 11. The molecule has 0 bridgehead atoms. The molecule has 0 aromatic rings. The summed E-state index contributed by atoms with van der Waals surface area (Å²) < 4.78 is 5.65. The number of nitrogens with one attached hydrogen (secondary N) is 1. The third-order valence-electron chi connectivity index (χ3n) is 3.06. The van der Waals surface area contributed by atoms with Gasteiger partial charge in [-0.15, -0.1) is 0 Å². The summed E-state index contributed by atoms with van der Waals surface area (Å²) in [5, 5.41) is 3.20. The van der Waals surface area contributed by atoms with Crippen molar-refractivity contribution < 1.29 is 9.53 Å². The molecule has 0 fully saturated rings. The van der Waals surface area contributed by atoms with Crippen molar-refractivity contribution in [1.29, 1.82) is 0 Å². The minimum atomic E-state index is -0.253. The molecular weight excluding hydrogens is 274 g/mol. The average Bonchev–Trinajstić information content (AvgIpc) is 2.44. The summed E-state index contributed by atoms with van der Waals surface area (Å²) in [6.45, 7) is 14.4. The maximum Gasteiger partial charge on any atom is 0.149 e. The van der Waals surface area contributed by atoms with E-state index in [9.17, 15) is 4.79 Å². The minimum Gasteiger partial charge on any atom is -0.375 e. The van der Waals surface area contributed by atoms with E-state index in [1.165, 1.54) is 0 Å². The molecule has 0 aliphatic carbocycles. The normalized spacial score (nSPS) is 15.6. The fraction of sp³-hybridized carbons (Fsp3) is 0.526. The SMILES string of the molecule is C=C/C(=C\C=C/C(C)/C=C\C)COCC(NC(C)C)C(C)=O. The van der Waals surface area contributed by atoms with E-state index < -0.39 is 0 Å². The molecule has 0 aliphatic rings. The van der Waals surface area contributed by atoms with E-state index in [0.717, 1.165) is 5.57 Å². The predicted octanol–water partition coefficient (Wildman–Crippen LogP) is 3.84. The van der Waals surface area contributed by atoms with Gasteiger partial charge in [0.05, 0.1) is 19.3 Å². The van der Waals surface area contributed by atoms with Gasteiger partial charge in [0.15, 0.2) is 0 Å². The molecule has 0 spiro atoms. The molecule has 3 heteroatoms. The number of ether oxygens (including phenoxy) is 1. The monoisotopic (exact) mass is 305 g/mol. The molecule has 0 heterocycles. The molecule has 0 aliphatic heterocycles. The van der Waals surface area contributed by atoms with Crippen LogP contribution in [0.4, 0.5) is 0 Å². The molecular formula is C19H31NO2. The van der Waals surface area contributed by atoms with Gasteiger partial charge in [-0.2, -0.15) is 0 Å². The zero-order chi connectivity index (χ0) is 17.0. The fourth-order valence-electron chi connectivity index (χ4n) is 1.88. The second kappa shape index (κ2) is 12.1. The molecule has 0 amide bonds. The minimum absolute atomic E-state index is 0.0953. The van der Waals surface area contributed by atoms with Crippen molar-refractivity contribution >= 4 is 5.78 Å². The Balaban J connectivity index is 4.39. The van der Waals surface area contributed by atoms with Crippen LogP contribution in [-0.2, 0) is 9.53 Å². The van der Waals surface area contributed by atoms with Gasteiger partial charge >= 0.3 is 0 Å². The summed E-state index contributed by atoms with van der Waals surface area (Å²) >= 11 is 0. The lowest BCUT2D eigenvalue weighted by molar-refractivity contribution is -0.120. The topological polar surface area (TPSA) is 38.3 Å². The van der Waals surface area contributed by atoms with Gasteiger partial charge in [0.25, 0.3) is 0 Å². The van der Waals surface area contributed by atoms with E-state index in [0.29, 0.717) is 19.1 Å². The predicted molar refractivity (Wildman–Crippen MR) is 95.0 cm³/mol. The number of Topliss-reactive ketones (excluding diaryl/α,β-unsaturated/α-hetero) is 1. The number of hydrogen-bond donors (Lipinski definition) is 1. The molecule has 0 rings (SSSR count). The van der Waals surface area contributed by atoms with Crippen LogP contribution in [0.2, 0.25) is 0 Å². The zero-order valence-electron chi connectivity index (χ0n) is 14.6. The van der Waals surface area contributed by atoms with Crippen LogP contribution >= 0.6 is 0 Å². The van der Waals surface area contributed by atoms with Crippen LogP contribution in [0.3, 0.4) is 0 Å². The highest BCUT2D eigenvalue weighted by atomic mass is 16.5. The number of hydrogen-bond acceptors (Lipinski definition) is 3. The first-order valence-corrected chi connectivity index (χ1v) is 7.87.